The standard InChI is InChI=1S/C66H44N2/c1-2-13-52-43-53(27-23-45(52)11-1)48-31-38-57(39-32-48)67(58-40-33-49(34-41-58)54-35-42-60-55(44-54)28-26-50-12-3-4-14-59(50)60)56-36-29-47(30-37-56)46-21-24-51(25-22-46)61-15-5-8-18-64(61)68-65-19-9-6-16-62(65)63-17-7-10-20-66(63)68/h1-44H. The van der Waals surface area contributed by atoms with Gasteiger partial charge in [-0.1, -0.05) is 200 Å². The molecule has 0 amide bonds. The molecule has 13 aromatic rings. The van der Waals surface area contributed by atoms with Gasteiger partial charge < -0.3 is 9.47 Å². The van der Waals surface area contributed by atoms with Crippen LogP contribution >= 0.6 is 0 Å². The quantitative estimate of drug-likeness (QED) is 0.138. The molecule has 0 saturated heterocycles. The van der Waals surface area contributed by atoms with Crippen LogP contribution in [0.2, 0.25) is 0 Å². The molecule has 0 spiro atoms. The predicted molar refractivity (Wildman–Crippen MR) is 290 cm³/mol. The van der Waals surface area contributed by atoms with Crippen molar-refractivity contribution < 1.29 is 0 Å². The molecular weight excluding hydrogens is 821 g/mol. The molecular formula is C66H44N2. The van der Waals surface area contributed by atoms with Crippen molar-refractivity contribution in [2.24, 2.45) is 0 Å². The van der Waals surface area contributed by atoms with Gasteiger partial charge in [0.1, 0.15) is 0 Å². The molecule has 0 unspecified atom stereocenters. The van der Waals surface area contributed by atoms with E-state index >= 15 is 0 Å². The van der Waals surface area contributed by atoms with Crippen LogP contribution < -0.4 is 4.90 Å². The first-order valence-electron chi connectivity index (χ1n) is 23.4. The lowest BCUT2D eigenvalue weighted by atomic mass is 9.97. The van der Waals surface area contributed by atoms with Crippen LogP contribution in [-0.2, 0) is 0 Å². The maximum atomic E-state index is 2.41. The summed E-state index contributed by atoms with van der Waals surface area (Å²) < 4.78 is 2.41. The van der Waals surface area contributed by atoms with E-state index in [1.54, 1.807) is 0 Å². The first-order chi connectivity index (χ1) is 33.7. The molecule has 13 rings (SSSR count). The molecule has 0 radical (unpaired) electrons. The van der Waals surface area contributed by atoms with Gasteiger partial charge in [0.05, 0.1) is 16.7 Å². The van der Waals surface area contributed by atoms with Crippen molar-refractivity contribution >= 4 is 71.2 Å². The fourth-order valence-corrected chi connectivity index (χ4v) is 10.4. The second kappa shape index (κ2) is 16.5. The van der Waals surface area contributed by atoms with Gasteiger partial charge in [0.25, 0.3) is 0 Å². The zero-order chi connectivity index (χ0) is 45.0. The number of para-hydroxylation sites is 3. The second-order valence-electron chi connectivity index (χ2n) is 17.7. The van der Waals surface area contributed by atoms with E-state index in [-0.39, 0.29) is 0 Å². The maximum Gasteiger partial charge on any atom is 0.0541 e. The first-order valence-corrected chi connectivity index (χ1v) is 23.4. The number of anilines is 3. The highest BCUT2D eigenvalue weighted by atomic mass is 15.1. The largest absolute Gasteiger partial charge is 0.311 e. The Morgan fingerprint density at radius 3 is 1.24 bits per heavy atom. The molecule has 0 fully saturated rings. The normalized spacial score (nSPS) is 11.5. The molecule has 12 aromatic carbocycles. The molecule has 2 nitrogen and oxygen atoms in total. The van der Waals surface area contributed by atoms with E-state index in [4.69, 9.17) is 0 Å². The third kappa shape index (κ3) is 6.90. The number of hydrogen-bond acceptors (Lipinski definition) is 1. The van der Waals surface area contributed by atoms with E-state index in [9.17, 15) is 0 Å². The minimum Gasteiger partial charge on any atom is -0.311 e. The molecule has 0 aliphatic carbocycles. The number of aromatic nitrogens is 1. The Morgan fingerprint density at radius 2 is 0.618 bits per heavy atom. The molecule has 68 heavy (non-hydrogen) atoms. The molecule has 0 saturated carbocycles. The Hall–Kier alpha value is -8.98. The molecule has 2 heteroatoms. The summed E-state index contributed by atoms with van der Waals surface area (Å²) in [7, 11) is 0. The minimum absolute atomic E-state index is 1.09. The Morgan fingerprint density at radius 1 is 0.235 bits per heavy atom. The molecule has 0 bridgehead atoms. The number of hydrogen-bond donors (Lipinski definition) is 0. The van der Waals surface area contributed by atoms with Gasteiger partial charge in [-0.15, -0.1) is 0 Å². The Kier molecular flexibility index (Phi) is 9.54. The average molecular weight is 865 g/mol. The lowest BCUT2D eigenvalue weighted by Gasteiger charge is -2.26. The van der Waals surface area contributed by atoms with Crippen molar-refractivity contribution in [1.29, 1.82) is 0 Å². The van der Waals surface area contributed by atoms with Crippen molar-refractivity contribution in [3.8, 4) is 50.2 Å². The average Bonchev–Trinajstić information content (AvgIpc) is 3.75. The van der Waals surface area contributed by atoms with Crippen LogP contribution in [0.1, 0.15) is 0 Å². The maximum absolute atomic E-state index is 2.41. The predicted octanol–water partition coefficient (Wildman–Crippen LogP) is 18.4. The van der Waals surface area contributed by atoms with Crippen LogP contribution in [0, 0.1) is 0 Å². The van der Waals surface area contributed by atoms with Crippen molar-refractivity contribution in [3.05, 3.63) is 267 Å². The summed E-state index contributed by atoms with van der Waals surface area (Å²) in [5.74, 6) is 0. The van der Waals surface area contributed by atoms with Crippen LogP contribution in [0.5, 0.6) is 0 Å². The molecule has 0 aliphatic heterocycles. The van der Waals surface area contributed by atoms with Gasteiger partial charge >= 0.3 is 0 Å². The molecule has 1 heterocycles. The topological polar surface area (TPSA) is 8.17 Å². The highest BCUT2D eigenvalue weighted by molar-refractivity contribution is 6.10. The van der Waals surface area contributed by atoms with Gasteiger partial charge in [-0.25, -0.2) is 0 Å². The molecule has 0 aliphatic rings. The van der Waals surface area contributed by atoms with Crippen LogP contribution in [-0.4, -0.2) is 4.57 Å². The Balaban J connectivity index is 0.835. The summed E-state index contributed by atoms with van der Waals surface area (Å²) in [4.78, 5) is 2.36. The number of fused-ring (bicyclic) bond motifs is 7. The fraction of sp³-hybridized carbons (Fsp3) is 0. The summed E-state index contributed by atoms with van der Waals surface area (Å²) in [6.45, 7) is 0. The molecule has 0 N–H and O–H groups in total. The zero-order valence-electron chi connectivity index (χ0n) is 37.3. The van der Waals surface area contributed by atoms with Gasteiger partial charge in [0, 0.05) is 33.4 Å². The third-order valence-corrected chi connectivity index (χ3v) is 13.8. The summed E-state index contributed by atoms with van der Waals surface area (Å²) in [6.07, 6.45) is 0. The van der Waals surface area contributed by atoms with Crippen LogP contribution in [0.3, 0.4) is 0 Å². The van der Waals surface area contributed by atoms with Crippen molar-refractivity contribution in [1.82, 2.24) is 4.57 Å². The number of benzene rings is 12. The zero-order valence-corrected chi connectivity index (χ0v) is 37.3. The van der Waals surface area contributed by atoms with Gasteiger partial charge in [0.2, 0.25) is 0 Å². The highest BCUT2D eigenvalue weighted by Gasteiger charge is 2.17. The van der Waals surface area contributed by atoms with Crippen LogP contribution in [0.25, 0.3) is 104 Å². The van der Waals surface area contributed by atoms with E-state index in [0.717, 1.165) is 17.1 Å². The molecule has 1 aromatic heterocycles. The number of nitrogens with zero attached hydrogens (tertiary/aromatic N) is 2. The van der Waals surface area contributed by atoms with E-state index in [2.05, 4.69) is 276 Å². The fourth-order valence-electron chi connectivity index (χ4n) is 10.4. The van der Waals surface area contributed by atoms with E-state index in [0.29, 0.717) is 0 Å². The smallest absolute Gasteiger partial charge is 0.0541 e. The first kappa shape index (κ1) is 39.4. The third-order valence-electron chi connectivity index (χ3n) is 13.8. The van der Waals surface area contributed by atoms with Gasteiger partial charge in [-0.2, -0.15) is 0 Å². The van der Waals surface area contributed by atoms with Crippen molar-refractivity contribution in [2.45, 2.75) is 0 Å². The summed E-state index contributed by atoms with van der Waals surface area (Å²) in [5, 5.41) is 10.1. The number of rotatable bonds is 8. The van der Waals surface area contributed by atoms with Gasteiger partial charge in [-0.3, -0.25) is 0 Å². The highest BCUT2D eigenvalue weighted by Crippen LogP contribution is 2.40. The van der Waals surface area contributed by atoms with Crippen LogP contribution in [0.4, 0.5) is 17.1 Å². The SMILES string of the molecule is c1ccc(-n2c3ccccc3c3ccccc32)c(-c2ccc(-c3ccc(N(c4ccc(-c5ccc6ccccc6c5)cc4)c4ccc(-c5ccc6c(ccc7ccccc76)c5)cc4)cc3)cc2)c1. The Labute approximate surface area is 395 Å². The second-order valence-corrected chi connectivity index (χ2v) is 17.7. The summed E-state index contributed by atoms with van der Waals surface area (Å²) in [5.41, 5.74) is 16.4. The van der Waals surface area contributed by atoms with Crippen molar-refractivity contribution in [3.63, 3.8) is 0 Å². The van der Waals surface area contributed by atoms with E-state index < -0.39 is 0 Å². The lowest BCUT2D eigenvalue weighted by Crippen LogP contribution is -2.09. The molecule has 318 valence electrons. The monoisotopic (exact) mass is 864 g/mol. The van der Waals surface area contributed by atoms with Gasteiger partial charge in [-0.05, 0) is 138 Å². The lowest BCUT2D eigenvalue weighted by molar-refractivity contribution is 1.18. The van der Waals surface area contributed by atoms with E-state index in [1.807, 2.05) is 0 Å². The van der Waals surface area contributed by atoms with Crippen molar-refractivity contribution in [2.75, 3.05) is 4.90 Å². The van der Waals surface area contributed by atoms with Crippen LogP contribution in [0.15, 0.2) is 267 Å². The summed E-state index contributed by atoms with van der Waals surface area (Å²) >= 11 is 0. The van der Waals surface area contributed by atoms with Gasteiger partial charge in [0.15, 0.2) is 0 Å². The Bertz CT molecular complexity index is 3940. The van der Waals surface area contributed by atoms with E-state index in [1.165, 1.54) is 104 Å². The molecule has 0 atom stereocenters. The summed E-state index contributed by atoms with van der Waals surface area (Å²) in [6, 6.07) is 97.4. The minimum atomic E-state index is 1.09.